The number of carboxylic acid groups (broad SMARTS) is 1. The topological polar surface area (TPSA) is 46.5 Å². The molecule has 3 heteroatoms. The van der Waals surface area contributed by atoms with Crippen molar-refractivity contribution in [2.75, 3.05) is 6.61 Å². The number of rotatable bonds is 1. The summed E-state index contributed by atoms with van der Waals surface area (Å²) in [7, 11) is 0. The molecular formula is C9H14O3. The van der Waals surface area contributed by atoms with Gasteiger partial charge in [0.2, 0.25) is 0 Å². The third-order valence-corrected chi connectivity index (χ3v) is 1.90. The van der Waals surface area contributed by atoms with Crippen LogP contribution in [-0.4, -0.2) is 23.3 Å². The van der Waals surface area contributed by atoms with Crippen LogP contribution in [0.25, 0.3) is 0 Å². The van der Waals surface area contributed by atoms with Crippen molar-refractivity contribution in [3.63, 3.8) is 0 Å². The fraction of sp³-hybridized carbons (Fsp3) is 0.667. The minimum absolute atomic E-state index is 0.195. The van der Waals surface area contributed by atoms with Gasteiger partial charge in [-0.3, -0.25) is 0 Å². The summed E-state index contributed by atoms with van der Waals surface area (Å²) in [6, 6.07) is 0. The van der Waals surface area contributed by atoms with Gasteiger partial charge in [-0.1, -0.05) is 5.57 Å². The lowest BCUT2D eigenvalue weighted by Crippen LogP contribution is -2.30. The molecule has 0 spiro atoms. The first-order chi connectivity index (χ1) is 5.49. The predicted molar refractivity (Wildman–Crippen MR) is 45.0 cm³/mol. The first-order valence-corrected chi connectivity index (χ1v) is 4.06. The minimum Gasteiger partial charge on any atom is -0.478 e. The highest BCUT2D eigenvalue weighted by Gasteiger charge is 2.24. The largest absolute Gasteiger partial charge is 0.478 e. The van der Waals surface area contributed by atoms with Gasteiger partial charge in [0.25, 0.3) is 0 Å². The van der Waals surface area contributed by atoms with Gasteiger partial charge in [-0.25, -0.2) is 4.79 Å². The Morgan fingerprint density at radius 3 is 2.83 bits per heavy atom. The molecule has 0 unspecified atom stereocenters. The summed E-state index contributed by atoms with van der Waals surface area (Å²) in [6.07, 6.45) is 2.76. The molecule has 0 saturated carbocycles. The highest BCUT2D eigenvalue weighted by molar-refractivity contribution is 5.80. The van der Waals surface area contributed by atoms with Crippen LogP contribution in [0.3, 0.4) is 0 Å². The molecule has 0 aromatic carbocycles. The van der Waals surface area contributed by atoms with Crippen molar-refractivity contribution in [2.24, 2.45) is 0 Å². The maximum atomic E-state index is 10.4. The number of ether oxygens (including phenoxy) is 1. The lowest BCUT2D eigenvalue weighted by molar-refractivity contribution is -0.131. The van der Waals surface area contributed by atoms with Crippen molar-refractivity contribution in [1.82, 2.24) is 0 Å². The highest BCUT2D eigenvalue weighted by Crippen LogP contribution is 2.27. The summed E-state index contributed by atoms with van der Waals surface area (Å²) in [4.78, 5) is 10.4. The van der Waals surface area contributed by atoms with E-state index in [-0.39, 0.29) is 5.60 Å². The number of hydrogen-bond donors (Lipinski definition) is 1. The van der Waals surface area contributed by atoms with Gasteiger partial charge >= 0.3 is 5.97 Å². The Labute approximate surface area is 72.0 Å². The fourth-order valence-corrected chi connectivity index (χ4v) is 1.44. The summed E-state index contributed by atoms with van der Waals surface area (Å²) in [6.45, 7) is 4.58. The van der Waals surface area contributed by atoms with E-state index in [0.717, 1.165) is 18.4 Å². The van der Waals surface area contributed by atoms with E-state index in [9.17, 15) is 4.79 Å². The first-order valence-electron chi connectivity index (χ1n) is 4.06. The van der Waals surface area contributed by atoms with E-state index in [2.05, 4.69) is 0 Å². The van der Waals surface area contributed by atoms with Crippen molar-refractivity contribution in [3.8, 4) is 0 Å². The molecule has 0 aromatic rings. The van der Waals surface area contributed by atoms with Gasteiger partial charge in [-0.2, -0.15) is 0 Å². The molecule has 3 nitrogen and oxygen atoms in total. The second-order valence-corrected chi connectivity index (χ2v) is 3.68. The molecule has 1 aliphatic heterocycles. The van der Waals surface area contributed by atoms with Gasteiger partial charge in [0.05, 0.1) is 12.2 Å². The molecule has 0 radical (unpaired) electrons. The van der Waals surface area contributed by atoms with Gasteiger partial charge < -0.3 is 9.84 Å². The molecule has 12 heavy (non-hydrogen) atoms. The fourth-order valence-electron chi connectivity index (χ4n) is 1.44. The summed E-state index contributed by atoms with van der Waals surface area (Å²) in [5, 5.41) is 8.52. The lowest BCUT2D eigenvalue weighted by Gasteiger charge is -2.31. The van der Waals surface area contributed by atoms with Gasteiger partial charge in [-0.05, 0) is 26.7 Å². The molecule has 1 N–H and O–H groups in total. The molecule has 0 bridgehead atoms. The van der Waals surface area contributed by atoms with Gasteiger partial charge in [0, 0.05) is 6.08 Å². The zero-order valence-electron chi connectivity index (χ0n) is 7.46. The molecule has 0 aromatic heterocycles. The standard InChI is InChI=1S/C9H14O3/c1-9(2)6-7(3-4-12-9)5-8(10)11/h5H,3-4,6H2,1-2H3,(H,10,11)/b7-5+. The molecule has 1 heterocycles. The van der Waals surface area contributed by atoms with Crippen LogP contribution in [0.15, 0.2) is 11.6 Å². The van der Waals surface area contributed by atoms with Gasteiger partial charge in [-0.15, -0.1) is 0 Å². The Bertz CT molecular complexity index is 216. The lowest BCUT2D eigenvalue weighted by atomic mass is 9.93. The minimum atomic E-state index is -0.859. The molecular weight excluding hydrogens is 156 g/mol. The second kappa shape index (κ2) is 3.27. The Hall–Kier alpha value is -0.830. The Morgan fingerprint density at radius 2 is 2.33 bits per heavy atom. The van der Waals surface area contributed by atoms with E-state index in [1.807, 2.05) is 13.8 Å². The maximum absolute atomic E-state index is 10.4. The van der Waals surface area contributed by atoms with Crippen LogP contribution in [0, 0.1) is 0 Å². The highest BCUT2D eigenvalue weighted by atomic mass is 16.5. The van der Waals surface area contributed by atoms with E-state index in [1.54, 1.807) is 0 Å². The summed E-state index contributed by atoms with van der Waals surface area (Å²) >= 11 is 0. The molecule has 1 aliphatic rings. The number of carbonyl (C=O) groups is 1. The van der Waals surface area contributed by atoms with Gasteiger partial charge in [0.15, 0.2) is 0 Å². The van der Waals surface area contributed by atoms with Gasteiger partial charge in [0.1, 0.15) is 0 Å². The summed E-state index contributed by atoms with van der Waals surface area (Å²) < 4.78 is 5.44. The van der Waals surface area contributed by atoms with E-state index in [0.29, 0.717) is 6.61 Å². The van der Waals surface area contributed by atoms with Crippen LogP contribution in [0.1, 0.15) is 26.7 Å². The molecule has 1 rings (SSSR count). The van der Waals surface area contributed by atoms with E-state index in [4.69, 9.17) is 9.84 Å². The number of aliphatic carboxylic acids is 1. The van der Waals surface area contributed by atoms with E-state index in [1.165, 1.54) is 6.08 Å². The normalized spacial score (nSPS) is 25.7. The van der Waals surface area contributed by atoms with Crippen molar-refractivity contribution in [2.45, 2.75) is 32.3 Å². The zero-order chi connectivity index (χ0) is 9.19. The summed E-state index contributed by atoms with van der Waals surface area (Å²) in [5.41, 5.74) is 0.776. The molecule has 0 aliphatic carbocycles. The van der Waals surface area contributed by atoms with Crippen molar-refractivity contribution in [3.05, 3.63) is 11.6 Å². The maximum Gasteiger partial charge on any atom is 0.328 e. The molecule has 1 fully saturated rings. The third-order valence-electron chi connectivity index (χ3n) is 1.90. The molecule has 0 atom stereocenters. The monoisotopic (exact) mass is 170 g/mol. The number of carboxylic acids is 1. The second-order valence-electron chi connectivity index (χ2n) is 3.68. The van der Waals surface area contributed by atoms with Crippen LogP contribution in [-0.2, 0) is 9.53 Å². The average Bonchev–Trinajstić information content (AvgIpc) is 1.82. The quantitative estimate of drug-likeness (QED) is 0.608. The predicted octanol–water partition coefficient (Wildman–Crippen LogP) is 1.59. The van der Waals surface area contributed by atoms with E-state index >= 15 is 0 Å². The van der Waals surface area contributed by atoms with Crippen molar-refractivity contribution >= 4 is 5.97 Å². The Morgan fingerprint density at radius 1 is 1.67 bits per heavy atom. The van der Waals surface area contributed by atoms with Crippen LogP contribution in [0.4, 0.5) is 0 Å². The van der Waals surface area contributed by atoms with E-state index < -0.39 is 5.97 Å². The van der Waals surface area contributed by atoms with Crippen LogP contribution in [0.5, 0.6) is 0 Å². The third kappa shape index (κ3) is 2.66. The summed E-state index contributed by atoms with van der Waals surface area (Å²) in [5.74, 6) is -0.859. The van der Waals surface area contributed by atoms with Crippen molar-refractivity contribution in [1.29, 1.82) is 0 Å². The first kappa shape index (κ1) is 9.26. The Kier molecular flexibility index (Phi) is 2.52. The SMILES string of the molecule is CC1(C)C/C(=C/C(=O)O)CCO1. The Balaban J connectivity index is 2.64. The molecule has 68 valence electrons. The van der Waals surface area contributed by atoms with Crippen molar-refractivity contribution < 1.29 is 14.6 Å². The van der Waals surface area contributed by atoms with Crippen LogP contribution in [0.2, 0.25) is 0 Å². The van der Waals surface area contributed by atoms with Crippen LogP contribution < -0.4 is 0 Å². The van der Waals surface area contributed by atoms with Crippen LogP contribution >= 0.6 is 0 Å². The average molecular weight is 170 g/mol. The molecule has 0 amide bonds. The smallest absolute Gasteiger partial charge is 0.328 e. The number of hydrogen-bond acceptors (Lipinski definition) is 2. The zero-order valence-corrected chi connectivity index (χ0v) is 7.46. The molecule has 1 saturated heterocycles.